The van der Waals surface area contributed by atoms with Gasteiger partial charge >= 0.3 is 0 Å². The molecule has 2 heterocycles. The molecule has 0 fully saturated rings. The molecule has 156 valence electrons. The lowest BCUT2D eigenvalue weighted by molar-refractivity contribution is 0.0955. The Labute approximate surface area is 175 Å². The number of benzene rings is 1. The molecule has 1 amide bonds. The molecule has 0 spiro atoms. The predicted molar refractivity (Wildman–Crippen MR) is 118 cm³/mol. The third kappa shape index (κ3) is 4.45. The van der Waals surface area contributed by atoms with Gasteiger partial charge in [0.15, 0.2) is 0 Å². The fraction of sp³-hybridized carbons (Fsp3) is 0.286. The summed E-state index contributed by atoms with van der Waals surface area (Å²) in [7, 11) is 3.77. The lowest BCUT2D eigenvalue weighted by atomic mass is 10.2. The Balaban J connectivity index is 1.65. The van der Waals surface area contributed by atoms with E-state index in [0.29, 0.717) is 11.3 Å². The third-order valence-electron chi connectivity index (χ3n) is 5.00. The van der Waals surface area contributed by atoms with Crippen LogP contribution in [-0.4, -0.2) is 37.9 Å². The van der Waals surface area contributed by atoms with Crippen molar-refractivity contribution in [3.05, 3.63) is 63.7 Å². The van der Waals surface area contributed by atoms with Crippen molar-refractivity contribution in [3.63, 3.8) is 0 Å². The molecule has 3 rings (SSSR count). The van der Waals surface area contributed by atoms with Crippen molar-refractivity contribution in [2.75, 3.05) is 5.43 Å². The summed E-state index contributed by atoms with van der Waals surface area (Å²) in [4.78, 5) is 12.4. The van der Waals surface area contributed by atoms with Gasteiger partial charge in [0.25, 0.3) is 5.91 Å². The maximum absolute atomic E-state index is 12.4. The zero-order chi connectivity index (χ0) is 21.8. The van der Waals surface area contributed by atoms with Gasteiger partial charge in [0, 0.05) is 42.2 Å². The number of anilines is 1. The van der Waals surface area contributed by atoms with Crippen LogP contribution in [0.4, 0.5) is 5.69 Å². The molecule has 0 atom stereocenters. The number of nitrogens with zero attached hydrogens (tertiary/aromatic N) is 6. The maximum Gasteiger partial charge on any atom is 0.271 e. The predicted octanol–water partition coefficient (Wildman–Crippen LogP) is 2.60. The van der Waals surface area contributed by atoms with Gasteiger partial charge in [-0.1, -0.05) is 6.07 Å². The molecule has 2 aromatic heterocycles. The van der Waals surface area contributed by atoms with Gasteiger partial charge in [-0.3, -0.25) is 19.6 Å². The molecule has 30 heavy (non-hydrogen) atoms. The fourth-order valence-corrected chi connectivity index (χ4v) is 3.07. The number of carbonyl (C=O) groups excluding carboxylic acids is 1. The number of nitrogens with one attached hydrogen (secondary N) is 2. The molecule has 0 radical (unpaired) electrons. The number of aryl methyl sites for hydroxylation is 4. The van der Waals surface area contributed by atoms with Gasteiger partial charge in [-0.05, 0) is 45.9 Å². The van der Waals surface area contributed by atoms with Gasteiger partial charge in [-0.2, -0.15) is 20.4 Å². The highest BCUT2D eigenvalue weighted by Gasteiger charge is 2.09. The Morgan fingerprint density at radius 2 is 1.50 bits per heavy atom. The summed E-state index contributed by atoms with van der Waals surface area (Å²) >= 11 is 0. The van der Waals surface area contributed by atoms with E-state index in [9.17, 15) is 4.79 Å². The Morgan fingerprint density at radius 1 is 0.933 bits per heavy atom. The number of hydrogen-bond donors (Lipinski definition) is 2. The van der Waals surface area contributed by atoms with Crippen LogP contribution in [0.25, 0.3) is 0 Å². The van der Waals surface area contributed by atoms with Crippen molar-refractivity contribution < 1.29 is 4.79 Å². The quantitative estimate of drug-likeness (QED) is 0.485. The highest BCUT2D eigenvalue weighted by Crippen LogP contribution is 2.13. The zero-order valence-corrected chi connectivity index (χ0v) is 18.1. The Kier molecular flexibility index (Phi) is 6.10. The van der Waals surface area contributed by atoms with Crippen molar-refractivity contribution in [1.82, 2.24) is 25.0 Å². The first-order chi connectivity index (χ1) is 14.3. The molecule has 0 aliphatic rings. The second kappa shape index (κ2) is 8.73. The van der Waals surface area contributed by atoms with E-state index in [4.69, 9.17) is 0 Å². The SMILES string of the molecule is Cc1nn(C)c(C)c1/C=N/NC(=O)c1cccc(N/N=C/c2c(C)nn(C)c2C)c1. The average molecular weight is 406 g/mol. The second-order valence-electron chi connectivity index (χ2n) is 7.07. The minimum absolute atomic E-state index is 0.308. The Hall–Kier alpha value is -3.75. The van der Waals surface area contributed by atoms with Crippen LogP contribution < -0.4 is 10.9 Å². The summed E-state index contributed by atoms with van der Waals surface area (Å²) in [5, 5.41) is 17.0. The molecular formula is C21H26N8O. The van der Waals surface area contributed by atoms with E-state index in [1.165, 1.54) is 0 Å². The van der Waals surface area contributed by atoms with Crippen molar-refractivity contribution >= 4 is 24.0 Å². The Bertz CT molecular complexity index is 1140. The molecule has 9 heteroatoms. The molecule has 0 saturated heterocycles. The number of aromatic nitrogens is 4. The van der Waals surface area contributed by atoms with Crippen LogP contribution in [0.15, 0.2) is 34.5 Å². The van der Waals surface area contributed by atoms with Crippen LogP contribution in [0, 0.1) is 27.7 Å². The van der Waals surface area contributed by atoms with E-state index in [2.05, 4.69) is 31.3 Å². The van der Waals surface area contributed by atoms with Crippen molar-refractivity contribution in [1.29, 1.82) is 0 Å². The van der Waals surface area contributed by atoms with E-state index < -0.39 is 0 Å². The largest absolute Gasteiger partial charge is 0.278 e. The number of rotatable bonds is 6. The van der Waals surface area contributed by atoms with Crippen LogP contribution in [0.5, 0.6) is 0 Å². The molecule has 0 bridgehead atoms. The van der Waals surface area contributed by atoms with Crippen LogP contribution in [0.2, 0.25) is 0 Å². The third-order valence-corrected chi connectivity index (χ3v) is 5.00. The normalized spacial score (nSPS) is 11.5. The number of amides is 1. The summed E-state index contributed by atoms with van der Waals surface area (Å²) in [6, 6.07) is 7.05. The molecule has 0 saturated carbocycles. The van der Waals surface area contributed by atoms with Crippen LogP contribution in [0.1, 0.15) is 44.3 Å². The fourth-order valence-electron chi connectivity index (χ4n) is 3.07. The van der Waals surface area contributed by atoms with Gasteiger partial charge < -0.3 is 0 Å². The number of hydrazone groups is 2. The van der Waals surface area contributed by atoms with E-state index in [1.807, 2.05) is 52.5 Å². The van der Waals surface area contributed by atoms with Crippen LogP contribution in [0.3, 0.4) is 0 Å². The van der Waals surface area contributed by atoms with Crippen LogP contribution in [-0.2, 0) is 14.1 Å². The summed E-state index contributed by atoms with van der Waals surface area (Å²) in [5.74, 6) is -0.308. The Morgan fingerprint density at radius 3 is 2.03 bits per heavy atom. The summed E-state index contributed by atoms with van der Waals surface area (Å²) < 4.78 is 3.60. The van der Waals surface area contributed by atoms with Gasteiger partial charge in [0.05, 0.1) is 29.5 Å². The zero-order valence-electron chi connectivity index (χ0n) is 18.1. The van der Waals surface area contributed by atoms with Gasteiger partial charge in [0.1, 0.15) is 0 Å². The molecule has 0 aliphatic carbocycles. The lowest BCUT2D eigenvalue weighted by Gasteiger charge is -2.04. The van der Waals surface area contributed by atoms with E-state index >= 15 is 0 Å². The van der Waals surface area contributed by atoms with Crippen LogP contribution >= 0.6 is 0 Å². The first-order valence-electron chi connectivity index (χ1n) is 9.51. The minimum atomic E-state index is -0.308. The smallest absolute Gasteiger partial charge is 0.271 e. The number of hydrogen-bond acceptors (Lipinski definition) is 6. The molecule has 3 aromatic rings. The monoisotopic (exact) mass is 406 g/mol. The van der Waals surface area contributed by atoms with E-state index in [1.54, 1.807) is 35.3 Å². The highest BCUT2D eigenvalue weighted by molar-refractivity contribution is 5.96. The van der Waals surface area contributed by atoms with Crippen molar-refractivity contribution in [3.8, 4) is 0 Å². The van der Waals surface area contributed by atoms with Gasteiger partial charge in [-0.15, -0.1) is 0 Å². The summed E-state index contributed by atoms with van der Waals surface area (Å²) in [5.41, 5.74) is 12.3. The summed E-state index contributed by atoms with van der Waals surface area (Å²) in [6.45, 7) is 7.78. The molecular weight excluding hydrogens is 380 g/mol. The topological polar surface area (TPSA) is 101 Å². The first-order valence-corrected chi connectivity index (χ1v) is 9.51. The van der Waals surface area contributed by atoms with E-state index in [-0.39, 0.29) is 5.91 Å². The van der Waals surface area contributed by atoms with E-state index in [0.717, 1.165) is 33.9 Å². The number of carbonyl (C=O) groups is 1. The lowest BCUT2D eigenvalue weighted by Crippen LogP contribution is -2.17. The van der Waals surface area contributed by atoms with Gasteiger partial charge in [-0.25, -0.2) is 5.43 Å². The average Bonchev–Trinajstić information content (AvgIpc) is 3.10. The highest BCUT2D eigenvalue weighted by atomic mass is 16.2. The van der Waals surface area contributed by atoms with Crippen molar-refractivity contribution in [2.45, 2.75) is 27.7 Å². The van der Waals surface area contributed by atoms with Gasteiger partial charge in [0.2, 0.25) is 0 Å². The molecule has 1 aromatic carbocycles. The standard InChI is InChI=1S/C21H26N8O/c1-13-19(15(3)28(5)26-13)11-22-24-18-9-7-8-17(10-18)21(30)25-23-12-20-14(2)27-29(6)16(20)4/h7-12,24H,1-6H3,(H,25,30)/b22-11+,23-12+. The molecule has 9 nitrogen and oxygen atoms in total. The minimum Gasteiger partial charge on any atom is -0.278 e. The molecule has 0 unspecified atom stereocenters. The van der Waals surface area contributed by atoms with Crippen molar-refractivity contribution in [2.24, 2.45) is 24.3 Å². The molecule has 2 N–H and O–H groups in total. The maximum atomic E-state index is 12.4. The molecule has 0 aliphatic heterocycles. The second-order valence-corrected chi connectivity index (χ2v) is 7.07. The first kappa shape index (κ1) is 21.0. The summed E-state index contributed by atoms with van der Waals surface area (Å²) in [6.07, 6.45) is 3.34.